The Morgan fingerprint density at radius 1 is 1.44 bits per heavy atom. The van der Waals surface area contributed by atoms with E-state index in [-0.39, 0.29) is 34.6 Å². The lowest BCUT2D eigenvalue weighted by atomic mass is 10.3. The van der Waals surface area contributed by atoms with Crippen LogP contribution in [0.25, 0.3) is 0 Å². The van der Waals surface area contributed by atoms with Crippen molar-refractivity contribution in [1.82, 2.24) is 9.78 Å². The molecule has 10 heteroatoms. The molecule has 2 aromatic rings. The van der Waals surface area contributed by atoms with Gasteiger partial charge in [0.2, 0.25) is 11.8 Å². The molecule has 1 aromatic heterocycles. The van der Waals surface area contributed by atoms with Gasteiger partial charge in [0.05, 0.1) is 27.6 Å². The summed E-state index contributed by atoms with van der Waals surface area (Å²) in [5.74, 6) is -1.05. The number of halogens is 2. The van der Waals surface area contributed by atoms with Crippen LogP contribution in [-0.2, 0) is 16.1 Å². The number of rotatable bonds is 3. The lowest BCUT2D eigenvalue weighted by Crippen LogP contribution is -2.40. The highest BCUT2D eigenvalue weighted by Crippen LogP contribution is 2.30. The van der Waals surface area contributed by atoms with Gasteiger partial charge in [-0.05, 0) is 18.2 Å². The number of thioether (sulfide) groups is 1. The highest BCUT2D eigenvalue weighted by molar-refractivity contribution is 8.00. The number of fused-ring (bicyclic) bond motifs is 1. The van der Waals surface area contributed by atoms with Crippen molar-refractivity contribution >= 4 is 46.6 Å². The number of carbonyl (C=O) groups is 2. The third-order valence-corrected chi connectivity index (χ3v) is 4.86. The van der Waals surface area contributed by atoms with E-state index in [0.717, 1.165) is 16.8 Å². The largest absolute Gasteiger partial charge is 0.323 e. The van der Waals surface area contributed by atoms with Crippen molar-refractivity contribution < 1.29 is 14.0 Å². The zero-order chi connectivity index (χ0) is 18.1. The number of nitrogens with one attached hydrogen (secondary N) is 1. The fourth-order valence-electron chi connectivity index (χ4n) is 2.27. The second kappa shape index (κ2) is 6.85. The Kier molecular flexibility index (Phi) is 4.78. The molecule has 0 spiro atoms. The summed E-state index contributed by atoms with van der Waals surface area (Å²) in [5, 5.41) is 6.49. The van der Waals surface area contributed by atoms with Gasteiger partial charge in [0.1, 0.15) is 18.0 Å². The van der Waals surface area contributed by atoms with Crippen LogP contribution in [0.15, 0.2) is 34.1 Å². The van der Waals surface area contributed by atoms with Crippen LogP contribution in [0.1, 0.15) is 0 Å². The summed E-state index contributed by atoms with van der Waals surface area (Å²) in [6.45, 7) is -0.369. The van der Waals surface area contributed by atoms with Gasteiger partial charge < -0.3 is 10.2 Å². The van der Waals surface area contributed by atoms with E-state index >= 15 is 0 Å². The highest BCUT2D eigenvalue weighted by atomic mass is 35.5. The smallest absolute Gasteiger partial charge is 0.292 e. The van der Waals surface area contributed by atoms with Crippen LogP contribution in [0.4, 0.5) is 15.8 Å². The molecule has 130 valence electrons. The number of nitrogens with zero attached hydrogens (tertiary/aromatic N) is 3. The minimum Gasteiger partial charge on any atom is -0.323 e. The third kappa shape index (κ3) is 3.52. The van der Waals surface area contributed by atoms with E-state index < -0.39 is 17.3 Å². The predicted octanol–water partition coefficient (Wildman–Crippen LogP) is 1.74. The van der Waals surface area contributed by atoms with E-state index in [2.05, 4.69) is 10.4 Å². The third-order valence-electron chi connectivity index (χ3n) is 3.54. The zero-order valence-corrected chi connectivity index (χ0v) is 14.5. The Morgan fingerprint density at radius 2 is 2.20 bits per heavy atom. The number of anilines is 2. The van der Waals surface area contributed by atoms with Crippen molar-refractivity contribution in [3.8, 4) is 0 Å². The summed E-state index contributed by atoms with van der Waals surface area (Å²) in [4.78, 5) is 38.3. The van der Waals surface area contributed by atoms with Crippen molar-refractivity contribution in [2.24, 2.45) is 0 Å². The summed E-state index contributed by atoms with van der Waals surface area (Å²) < 4.78 is 14.0. The van der Waals surface area contributed by atoms with Crippen LogP contribution in [0.3, 0.4) is 0 Å². The van der Waals surface area contributed by atoms with Gasteiger partial charge in [-0.1, -0.05) is 11.6 Å². The zero-order valence-electron chi connectivity index (χ0n) is 13.0. The standard InChI is InChI=1S/C15H12ClFN4O3S/c1-20-13(23)7-25-11-5-18-21(15(24)14(11)20)6-12(22)19-10-3-2-8(17)4-9(10)16/h2-5H,6-7H2,1H3,(H,19,22). The Balaban J connectivity index is 1.82. The first kappa shape index (κ1) is 17.4. The number of hydrogen-bond donors (Lipinski definition) is 1. The van der Waals surface area contributed by atoms with Crippen molar-refractivity contribution in [3.05, 3.63) is 45.6 Å². The topological polar surface area (TPSA) is 84.3 Å². The fraction of sp³-hybridized carbons (Fsp3) is 0.200. The van der Waals surface area contributed by atoms with E-state index in [0.29, 0.717) is 4.90 Å². The van der Waals surface area contributed by atoms with Crippen LogP contribution in [-0.4, -0.2) is 34.4 Å². The number of hydrogen-bond acceptors (Lipinski definition) is 5. The maximum atomic E-state index is 13.0. The van der Waals surface area contributed by atoms with Crippen LogP contribution in [0.2, 0.25) is 5.02 Å². The average molecular weight is 383 g/mol. The average Bonchev–Trinajstić information content (AvgIpc) is 2.56. The second-order valence-electron chi connectivity index (χ2n) is 5.23. The molecule has 1 aliphatic heterocycles. The van der Waals surface area contributed by atoms with Gasteiger partial charge in [-0.3, -0.25) is 14.4 Å². The predicted molar refractivity (Wildman–Crippen MR) is 92.7 cm³/mol. The first-order valence-electron chi connectivity index (χ1n) is 7.11. The first-order valence-corrected chi connectivity index (χ1v) is 8.47. The summed E-state index contributed by atoms with van der Waals surface area (Å²) in [6.07, 6.45) is 1.45. The fourth-order valence-corrected chi connectivity index (χ4v) is 3.44. The van der Waals surface area contributed by atoms with Crippen molar-refractivity contribution in [2.75, 3.05) is 23.0 Å². The number of carbonyl (C=O) groups excluding carboxylic acids is 2. The molecule has 0 unspecified atom stereocenters. The van der Waals surface area contributed by atoms with Crippen molar-refractivity contribution in [2.45, 2.75) is 11.4 Å². The summed E-state index contributed by atoms with van der Waals surface area (Å²) in [7, 11) is 1.50. The van der Waals surface area contributed by atoms with E-state index in [1.807, 2.05) is 0 Å². The van der Waals surface area contributed by atoms with Crippen LogP contribution < -0.4 is 15.8 Å². The minimum absolute atomic E-state index is 0.0424. The quantitative estimate of drug-likeness (QED) is 0.874. The molecule has 25 heavy (non-hydrogen) atoms. The van der Waals surface area contributed by atoms with Gasteiger partial charge in [-0.15, -0.1) is 11.8 Å². The van der Waals surface area contributed by atoms with Crippen LogP contribution in [0, 0.1) is 5.82 Å². The SMILES string of the molecule is CN1C(=O)CSc2cnn(CC(=O)Nc3ccc(F)cc3Cl)c(=O)c21. The van der Waals surface area contributed by atoms with Gasteiger partial charge in [0.25, 0.3) is 5.56 Å². The Labute approximate surface area is 150 Å². The van der Waals surface area contributed by atoms with Crippen LogP contribution >= 0.6 is 23.4 Å². The van der Waals surface area contributed by atoms with Crippen LogP contribution in [0.5, 0.6) is 0 Å². The molecule has 2 amide bonds. The highest BCUT2D eigenvalue weighted by Gasteiger charge is 2.26. The molecule has 0 bridgehead atoms. The van der Waals surface area contributed by atoms with Gasteiger partial charge in [0, 0.05) is 7.05 Å². The van der Waals surface area contributed by atoms with E-state index in [9.17, 15) is 18.8 Å². The lowest BCUT2D eigenvalue weighted by Gasteiger charge is -2.24. The Bertz CT molecular complexity index is 933. The first-order chi connectivity index (χ1) is 11.9. The van der Waals surface area contributed by atoms with Gasteiger partial charge >= 0.3 is 0 Å². The molecule has 0 fully saturated rings. The molecule has 1 N–H and O–H groups in total. The van der Waals surface area contributed by atoms with E-state index in [1.54, 1.807) is 0 Å². The summed E-state index contributed by atoms with van der Waals surface area (Å²) in [6, 6.07) is 3.54. The molecule has 0 aliphatic carbocycles. The Morgan fingerprint density at radius 3 is 2.92 bits per heavy atom. The summed E-state index contributed by atoms with van der Waals surface area (Å²) >= 11 is 7.08. The molecule has 0 atom stereocenters. The van der Waals surface area contributed by atoms with Gasteiger partial charge in [-0.2, -0.15) is 5.10 Å². The molecule has 0 saturated carbocycles. The number of amides is 2. The maximum absolute atomic E-state index is 13.0. The molecule has 0 radical (unpaired) electrons. The molecular weight excluding hydrogens is 371 g/mol. The molecule has 2 heterocycles. The number of benzene rings is 1. The summed E-state index contributed by atoms with van der Waals surface area (Å²) in [5.41, 5.74) is -0.119. The molecule has 1 aromatic carbocycles. The lowest BCUT2D eigenvalue weighted by molar-refractivity contribution is -0.117. The molecule has 7 nitrogen and oxygen atoms in total. The minimum atomic E-state index is -0.555. The van der Waals surface area contributed by atoms with Crippen molar-refractivity contribution in [1.29, 1.82) is 0 Å². The van der Waals surface area contributed by atoms with E-state index in [1.165, 1.54) is 36.0 Å². The molecule has 3 rings (SSSR count). The number of aromatic nitrogens is 2. The Hall–Kier alpha value is -2.39. The van der Waals surface area contributed by atoms with Crippen molar-refractivity contribution in [3.63, 3.8) is 0 Å². The maximum Gasteiger partial charge on any atom is 0.292 e. The van der Waals surface area contributed by atoms with E-state index in [4.69, 9.17) is 11.6 Å². The molecular formula is C15H12ClFN4O3S. The van der Waals surface area contributed by atoms with Gasteiger partial charge in [0.15, 0.2) is 0 Å². The second-order valence-corrected chi connectivity index (χ2v) is 6.66. The normalized spacial score (nSPS) is 13.6. The monoisotopic (exact) mass is 382 g/mol. The molecule has 1 aliphatic rings. The van der Waals surface area contributed by atoms with Gasteiger partial charge in [-0.25, -0.2) is 9.07 Å². The molecule has 0 saturated heterocycles.